The molecule has 0 spiro atoms. The van der Waals surface area contributed by atoms with Crippen LogP contribution in [0.2, 0.25) is 0 Å². The lowest BCUT2D eigenvalue weighted by atomic mass is 10.0. The Hall–Kier alpha value is -2.36. The molecule has 20 heavy (non-hydrogen) atoms. The molecule has 2 heterocycles. The lowest BCUT2D eigenvalue weighted by molar-refractivity contribution is 0.569. The van der Waals surface area contributed by atoms with Crippen molar-refractivity contribution in [1.29, 1.82) is 0 Å². The standard InChI is InChI=1S/C16H16N2O2/c1-2-3-6-10-9-18-15(17)14-13(10)11-7-4-5-8-12(11)20-16(14)19/h4-5,7-9H,2-3,6H2,1H3,(H2,17,18). The van der Waals surface area contributed by atoms with Crippen LogP contribution >= 0.6 is 0 Å². The molecule has 0 amide bonds. The first-order chi connectivity index (χ1) is 9.72. The third kappa shape index (κ3) is 1.93. The van der Waals surface area contributed by atoms with E-state index in [-0.39, 0.29) is 5.82 Å². The number of anilines is 1. The first-order valence-corrected chi connectivity index (χ1v) is 6.81. The number of nitrogens with zero attached hydrogens (tertiary/aromatic N) is 1. The summed E-state index contributed by atoms with van der Waals surface area (Å²) in [6.07, 6.45) is 4.80. The smallest absolute Gasteiger partial charge is 0.347 e. The van der Waals surface area contributed by atoms with Crippen molar-refractivity contribution < 1.29 is 4.42 Å². The molecule has 0 bridgehead atoms. The molecule has 0 atom stereocenters. The first kappa shape index (κ1) is 12.7. The van der Waals surface area contributed by atoms with Gasteiger partial charge in [-0.2, -0.15) is 0 Å². The van der Waals surface area contributed by atoms with Crippen molar-refractivity contribution in [2.24, 2.45) is 0 Å². The number of fused-ring (bicyclic) bond motifs is 3. The van der Waals surface area contributed by atoms with Crippen LogP contribution in [-0.2, 0) is 6.42 Å². The van der Waals surface area contributed by atoms with Gasteiger partial charge in [-0.25, -0.2) is 9.78 Å². The fourth-order valence-electron chi connectivity index (χ4n) is 2.55. The lowest BCUT2D eigenvalue weighted by Crippen LogP contribution is -2.07. The van der Waals surface area contributed by atoms with Gasteiger partial charge in [0.1, 0.15) is 16.8 Å². The van der Waals surface area contributed by atoms with Gasteiger partial charge in [-0.05, 0) is 24.5 Å². The Balaban J connectivity index is 2.47. The molecule has 0 aliphatic carbocycles. The molecule has 0 aliphatic rings. The molecule has 0 aliphatic heterocycles. The Morgan fingerprint density at radius 3 is 2.85 bits per heavy atom. The summed E-state index contributed by atoms with van der Waals surface area (Å²) in [6, 6.07) is 7.54. The number of para-hydroxylation sites is 1. The van der Waals surface area contributed by atoms with Crippen LogP contribution in [0.1, 0.15) is 25.3 Å². The highest BCUT2D eigenvalue weighted by molar-refractivity contribution is 6.09. The third-order valence-corrected chi connectivity index (χ3v) is 3.55. The van der Waals surface area contributed by atoms with Crippen molar-refractivity contribution in [3.05, 3.63) is 46.4 Å². The number of benzene rings is 1. The van der Waals surface area contributed by atoms with Gasteiger partial charge in [-0.15, -0.1) is 0 Å². The molecule has 0 saturated carbocycles. The van der Waals surface area contributed by atoms with Crippen LogP contribution in [0.4, 0.5) is 5.82 Å². The van der Waals surface area contributed by atoms with Crippen LogP contribution in [0.25, 0.3) is 21.7 Å². The third-order valence-electron chi connectivity index (χ3n) is 3.55. The summed E-state index contributed by atoms with van der Waals surface area (Å²) in [5, 5.41) is 2.21. The number of hydrogen-bond donors (Lipinski definition) is 1. The zero-order valence-electron chi connectivity index (χ0n) is 11.3. The van der Waals surface area contributed by atoms with E-state index in [1.165, 1.54) is 0 Å². The van der Waals surface area contributed by atoms with Gasteiger partial charge in [-0.1, -0.05) is 31.5 Å². The number of rotatable bonds is 3. The van der Waals surface area contributed by atoms with Gasteiger partial charge in [0.15, 0.2) is 0 Å². The zero-order valence-corrected chi connectivity index (χ0v) is 11.3. The minimum Gasteiger partial charge on any atom is -0.422 e. The second kappa shape index (κ2) is 4.96. The van der Waals surface area contributed by atoms with Gasteiger partial charge in [0.05, 0.1) is 0 Å². The SMILES string of the molecule is CCCCc1cnc(N)c2c(=O)oc3ccccc3c12. The van der Waals surface area contributed by atoms with Gasteiger partial charge in [0.2, 0.25) is 0 Å². The molecule has 102 valence electrons. The Bertz CT molecular complexity index is 837. The highest BCUT2D eigenvalue weighted by Gasteiger charge is 2.14. The van der Waals surface area contributed by atoms with E-state index in [2.05, 4.69) is 11.9 Å². The van der Waals surface area contributed by atoms with Crippen LogP contribution < -0.4 is 11.4 Å². The fraction of sp³-hybridized carbons (Fsp3) is 0.250. The molecule has 0 fully saturated rings. The second-order valence-corrected chi connectivity index (χ2v) is 4.91. The Morgan fingerprint density at radius 1 is 1.25 bits per heavy atom. The minimum absolute atomic E-state index is 0.236. The first-order valence-electron chi connectivity index (χ1n) is 6.81. The Labute approximate surface area is 116 Å². The minimum atomic E-state index is -0.415. The number of aryl methyl sites for hydroxylation is 1. The molecule has 0 saturated heterocycles. The summed E-state index contributed by atoms with van der Waals surface area (Å²) in [5.74, 6) is 0.236. The van der Waals surface area contributed by atoms with E-state index >= 15 is 0 Å². The van der Waals surface area contributed by atoms with E-state index < -0.39 is 5.63 Å². The van der Waals surface area contributed by atoms with E-state index in [9.17, 15) is 4.79 Å². The van der Waals surface area contributed by atoms with Crippen molar-refractivity contribution in [3.8, 4) is 0 Å². The van der Waals surface area contributed by atoms with Gasteiger partial charge >= 0.3 is 5.63 Å². The van der Waals surface area contributed by atoms with Crippen LogP contribution in [0.15, 0.2) is 39.7 Å². The Morgan fingerprint density at radius 2 is 2.05 bits per heavy atom. The molecule has 0 radical (unpaired) electrons. The maximum Gasteiger partial charge on any atom is 0.347 e. The number of hydrogen-bond acceptors (Lipinski definition) is 4. The number of nitrogens with two attached hydrogens (primary N) is 1. The van der Waals surface area contributed by atoms with Gasteiger partial charge in [0.25, 0.3) is 0 Å². The fourth-order valence-corrected chi connectivity index (χ4v) is 2.55. The molecule has 1 aromatic carbocycles. The van der Waals surface area contributed by atoms with E-state index in [1.807, 2.05) is 18.2 Å². The number of aromatic nitrogens is 1. The van der Waals surface area contributed by atoms with E-state index in [4.69, 9.17) is 10.2 Å². The molecule has 2 N–H and O–H groups in total. The van der Waals surface area contributed by atoms with Crippen LogP contribution in [0.5, 0.6) is 0 Å². The highest BCUT2D eigenvalue weighted by atomic mass is 16.4. The molecular formula is C16H16N2O2. The average molecular weight is 268 g/mol. The van der Waals surface area contributed by atoms with Crippen molar-refractivity contribution in [2.45, 2.75) is 26.2 Å². The molecular weight excluding hydrogens is 252 g/mol. The van der Waals surface area contributed by atoms with Crippen molar-refractivity contribution in [2.75, 3.05) is 5.73 Å². The monoisotopic (exact) mass is 268 g/mol. The Kier molecular flexibility index (Phi) is 3.14. The maximum atomic E-state index is 12.2. The van der Waals surface area contributed by atoms with Crippen molar-refractivity contribution >= 4 is 27.6 Å². The van der Waals surface area contributed by atoms with Crippen LogP contribution in [0.3, 0.4) is 0 Å². The quantitative estimate of drug-likeness (QED) is 0.584. The van der Waals surface area contributed by atoms with Crippen molar-refractivity contribution in [3.63, 3.8) is 0 Å². The molecule has 3 aromatic rings. The van der Waals surface area contributed by atoms with Gasteiger partial charge < -0.3 is 10.2 Å². The van der Waals surface area contributed by atoms with E-state index in [0.717, 1.165) is 35.6 Å². The summed E-state index contributed by atoms with van der Waals surface area (Å²) in [7, 11) is 0. The summed E-state index contributed by atoms with van der Waals surface area (Å²) < 4.78 is 5.34. The zero-order chi connectivity index (χ0) is 14.1. The average Bonchev–Trinajstić information content (AvgIpc) is 2.46. The highest BCUT2D eigenvalue weighted by Crippen LogP contribution is 2.28. The molecule has 3 rings (SSSR count). The predicted molar refractivity (Wildman–Crippen MR) is 80.8 cm³/mol. The van der Waals surface area contributed by atoms with Crippen LogP contribution in [0, 0.1) is 0 Å². The summed E-state index contributed by atoms with van der Waals surface area (Å²) in [4.78, 5) is 16.3. The largest absolute Gasteiger partial charge is 0.422 e. The molecule has 0 unspecified atom stereocenters. The van der Waals surface area contributed by atoms with E-state index in [0.29, 0.717) is 11.0 Å². The molecule has 4 nitrogen and oxygen atoms in total. The number of pyridine rings is 1. The summed E-state index contributed by atoms with van der Waals surface area (Å²) in [6.45, 7) is 2.14. The second-order valence-electron chi connectivity index (χ2n) is 4.91. The number of nitrogen functional groups attached to an aromatic ring is 1. The number of unbranched alkanes of at least 4 members (excludes halogenated alkanes) is 1. The van der Waals surface area contributed by atoms with Crippen molar-refractivity contribution in [1.82, 2.24) is 4.98 Å². The molecule has 2 aromatic heterocycles. The van der Waals surface area contributed by atoms with Gasteiger partial charge in [-0.3, -0.25) is 0 Å². The summed E-state index contributed by atoms with van der Waals surface area (Å²) >= 11 is 0. The predicted octanol–water partition coefficient (Wildman–Crippen LogP) is 3.27. The van der Waals surface area contributed by atoms with E-state index in [1.54, 1.807) is 12.3 Å². The normalized spacial score (nSPS) is 11.2. The topological polar surface area (TPSA) is 69.1 Å². The molecule has 4 heteroatoms. The lowest BCUT2D eigenvalue weighted by Gasteiger charge is -2.09. The van der Waals surface area contributed by atoms with Gasteiger partial charge in [0, 0.05) is 17.0 Å². The maximum absolute atomic E-state index is 12.2. The summed E-state index contributed by atoms with van der Waals surface area (Å²) in [5.41, 5.74) is 7.11. The van der Waals surface area contributed by atoms with Crippen LogP contribution in [-0.4, -0.2) is 4.98 Å².